The van der Waals surface area contributed by atoms with E-state index in [0.717, 1.165) is 18.5 Å². The van der Waals surface area contributed by atoms with E-state index in [1.165, 1.54) is 0 Å². The summed E-state index contributed by atoms with van der Waals surface area (Å²) in [5.74, 6) is 5.33. The van der Waals surface area contributed by atoms with Crippen molar-refractivity contribution in [2.24, 2.45) is 5.73 Å². The molecular formula is C13H15ClN2O. The highest BCUT2D eigenvalue weighted by atomic mass is 35.5. The Balaban J connectivity index is 2.53. The second-order valence-electron chi connectivity index (χ2n) is 3.52. The van der Waals surface area contributed by atoms with E-state index in [2.05, 4.69) is 17.2 Å². The molecule has 1 aromatic rings. The Morgan fingerprint density at radius 2 is 2.29 bits per heavy atom. The van der Waals surface area contributed by atoms with Gasteiger partial charge in [-0.3, -0.25) is 4.79 Å². The zero-order chi connectivity index (χ0) is 12.7. The number of nitrogens with two attached hydrogens (primary N) is 1. The summed E-state index contributed by atoms with van der Waals surface area (Å²) in [5.41, 5.74) is 6.53. The van der Waals surface area contributed by atoms with Gasteiger partial charge in [0, 0.05) is 30.1 Å². The minimum Gasteiger partial charge on any atom is -0.366 e. The molecule has 0 saturated carbocycles. The minimum absolute atomic E-state index is 0.426. The van der Waals surface area contributed by atoms with Crippen molar-refractivity contribution in [3.05, 3.63) is 34.3 Å². The normalized spacial score (nSPS) is 9.53. The zero-order valence-corrected chi connectivity index (χ0v) is 10.5. The second kappa shape index (κ2) is 6.95. The van der Waals surface area contributed by atoms with E-state index < -0.39 is 5.91 Å². The van der Waals surface area contributed by atoms with E-state index >= 15 is 0 Å². The summed E-state index contributed by atoms with van der Waals surface area (Å²) in [4.78, 5) is 10.9. The van der Waals surface area contributed by atoms with E-state index in [1.807, 2.05) is 6.92 Å². The van der Waals surface area contributed by atoms with Crippen LogP contribution in [0.5, 0.6) is 0 Å². The van der Waals surface area contributed by atoms with Crippen molar-refractivity contribution >= 4 is 17.5 Å². The van der Waals surface area contributed by atoms with Gasteiger partial charge in [-0.15, -0.1) is 11.8 Å². The van der Waals surface area contributed by atoms with Crippen LogP contribution in [0.2, 0.25) is 5.02 Å². The summed E-state index contributed by atoms with van der Waals surface area (Å²) >= 11 is 6.04. The minimum atomic E-state index is -0.468. The molecule has 0 heterocycles. The van der Waals surface area contributed by atoms with Gasteiger partial charge in [-0.25, -0.2) is 0 Å². The van der Waals surface area contributed by atoms with Crippen molar-refractivity contribution in [1.82, 2.24) is 5.32 Å². The molecule has 1 aromatic carbocycles. The number of amides is 1. The molecule has 3 N–H and O–H groups in total. The Kier molecular flexibility index (Phi) is 5.55. The third-order valence-electron chi connectivity index (χ3n) is 2.26. The van der Waals surface area contributed by atoms with Crippen LogP contribution in [-0.2, 0) is 6.54 Å². The van der Waals surface area contributed by atoms with E-state index in [9.17, 15) is 4.79 Å². The first-order chi connectivity index (χ1) is 8.15. The third kappa shape index (κ3) is 4.48. The van der Waals surface area contributed by atoms with Crippen molar-refractivity contribution in [2.45, 2.75) is 19.9 Å². The highest BCUT2D eigenvalue weighted by Gasteiger charge is 2.04. The maximum Gasteiger partial charge on any atom is 0.248 e. The topological polar surface area (TPSA) is 55.1 Å². The number of halogens is 1. The van der Waals surface area contributed by atoms with Crippen LogP contribution < -0.4 is 11.1 Å². The van der Waals surface area contributed by atoms with E-state index in [0.29, 0.717) is 17.1 Å². The highest BCUT2D eigenvalue weighted by Crippen LogP contribution is 2.17. The van der Waals surface area contributed by atoms with E-state index in [1.54, 1.807) is 18.2 Å². The van der Waals surface area contributed by atoms with E-state index in [4.69, 9.17) is 17.3 Å². The molecule has 0 saturated heterocycles. The molecule has 90 valence electrons. The average Bonchev–Trinajstić information content (AvgIpc) is 2.30. The Morgan fingerprint density at radius 1 is 1.53 bits per heavy atom. The molecular weight excluding hydrogens is 236 g/mol. The Bertz CT molecular complexity index is 460. The van der Waals surface area contributed by atoms with Gasteiger partial charge in [0.1, 0.15) is 0 Å². The fourth-order valence-corrected chi connectivity index (χ4v) is 1.59. The summed E-state index contributed by atoms with van der Waals surface area (Å²) in [7, 11) is 0. The molecule has 0 radical (unpaired) electrons. The van der Waals surface area contributed by atoms with Gasteiger partial charge >= 0.3 is 0 Å². The molecule has 0 spiro atoms. The van der Waals surface area contributed by atoms with Crippen LogP contribution >= 0.6 is 11.6 Å². The largest absolute Gasteiger partial charge is 0.366 e. The summed E-state index contributed by atoms with van der Waals surface area (Å²) < 4.78 is 0. The van der Waals surface area contributed by atoms with Crippen molar-refractivity contribution in [3.8, 4) is 11.8 Å². The molecule has 3 nitrogen and oxygen atoms in total. The quantitative estimate of drug-likeness (QED) is 0.620. The van der Waals surface area contributed by atoms with Crippen molar-refractivity contribution < 1.29 is 4.79 Å². The predicted octanol–water partition coefficient (Wildman–Crippen LogP) is 1.94. The summed E-state index contributed by atoms with van der Waals surface area (Å²) in [6.45, 7) is 3.29. The zero-order valence-electron chi connectivity index (χ0n) is 9.72. The first-order valence-corrected chi connectivity index (χ1v) is 5.71. The second-order valence-corrected chi connectivity index (χ2v) is 3.93. The molecule has 0 fully saturated rings. The SMILES string of the molecule is CC#CCCNCc1ccc(C(N)=O)cc1Cl. The monoisotopic (exact) mass is 250 g/mol. The number of nitrogens with one attached hydrogen (secondary N) is 1. The van der Waals surface area contributed by atoms with Crippen molar-refractivity contribution in [1.29, 1.82) is 0 Å². The fourth-order valence-electron chi connectivity index (χ4n) is 1.34. The van der Waals surface area contributed by atoms with Gasteiger partial charge in [0.25, 0.3) is 0 Å². The molecule has 0 aliphatic rings. The lowest BCUT2D eigenvalue weighted by atomic mass is 10.1. The van der Waals surface area contributed by atoms with Crippen LogP contribution in [0.3, 0.4) is 0 Å². The maximum absolute atomic E-state index is 10.9. The predicted molar refractivity (Wildman–Crippen MR) is 69.7 cm³/mol. The van der Waals surface area contributed by atoms with Gasteiger partial charge in [-0.2, -0.15) is 0 Å². The molecule has 0 aromatic heterocycles. The summed E-state index contributed by atoms with van der Waals surface area (Å²) in [6, 6.07) is 5.07. The van der Waals surface area contributed by atoms with Crippen molar-refractivity contribution in [2.75, 3.05) is 6.54 Å². The molecule has 0 aliphatic heterocycles. The maximum atomic E-state index is 10.9. The lowest BCUT2D eigenvalue weighted by Gasteiger charge is -2.06. The van der Waals surface area contributed by atoms with Gasteiger partial charge in [0.15, 0.2) is 0 Å². The Morgan fingerprint density at radius 3 is 2.88 bits per heavy atom. The lowest BCUT2D eigenvalue weighted by molar-refractivity contribution is 0.100. The van der Waals surface area contributed by atoms with Gasteiger partial charge in [0.05, 0.1) is 0 Å². The van der Waals surface area contributed by atoms with Crippen LogP contribution in [0.1, 0.15) is 29.3 Å². The fraction of sp³-hybridized carbons (Fsp3) is 0.308. The van der Waals surface area contributed by atoms with Crippen LogP contribution in [0.4, 0.5) is 0 Å². The number of hydrogen-bond donors (Lipinski definition) is 2. The van der Waals surface area contributed by atoms with Crippen LogP contribution in [-0.4, -0.2) is 12.5 Å². The molecule has 1 amide bonds. The number of carbonyl (C=O) groups excluding carboxylic acids is 1. The molecule has 4 heteroatoms. The number of primary amides is 1. The number of hydrogen-bond acceptors (Lipinski definition) is 2. The first-order valence-electron chi connectivity index (χ1n) is 5.33. The molecule has 17 heavy (non-hydrogen) atoms. The van der Waals surface area contributed by atoms with Crippen molar-refractivity contribution in [3.63, 3.8) is 0 Å². The highest BCUT2D eigenvalue weighted by molar-refractivity contribution is 6.31. The molecule has 0 unspecified atom stereocenters. The van der Waals surface area contributed by atoms with Gasteiger partial charge in [0.2, 0.25) is 5.91 Å². The van der Waals surface area contributed by atoms with E-state index in [-0.39, 0.29) is 0 Å². The van der Waals surface area contributed by atoms with Gasteiger partial charge in [-0.1, -0.05) is 17.7 Å². The van der Waals surface area contributed by atoms with Gasteiger partial charge < -0.3 is 11.1 Å². The summed E-state index contributed by atoms with van der Waals surface area (Å²) in [5, 5.41) is 3.77. The smallest absolute Gasteiger partial charge is 0.248 e. The van der Waals surface area contributed by atoms with Crippen LogP contribution in [0.25, 0.3) is 0 Å². The number of carbonyl (C=O) groups is 1. The average molecular weight is 251 g/mol. The molecule has 0 atom stereocenters. The Hall–Kier alpha value is -1.50. The lowest BCUT2D eigenvalue weighted by Crippen LogP contribution is -2.15. The third-order valence-corrected chi connectivity index (χ3v) is 2.61. The number of rotatable bonds is 5. The van der Waals surface area contributed by atoms with Crippen LogP contribution in [0.15, 0.2) is 18.2 Å². The first kappa shape index (κ1) is 13.6. The Labute approximate surface area is 106 Å². The van der Waals surface area contributed by atoms with Crippen LogP contribution in [0, 0.1) is 11.8 Å². The molecule has 0 aliphatic carbocycles. The summed E-state index contributed by atoms with van der Waals surface area (Å²) in [6.07, 6.45) is 0.813. The van der Waals surface area contributed by atoms with Gasteiger partial charge in [-0.05, 0) is 24.6 Å². The number of benzene rings is 1. The standard InChI is InChI=1S/C13H15ClN2O/c1-2-3-4-7-16-9-11-6-5-10(13(15)17)8-12(11)14/h5-6,8,16H,4,7,9H2,1H3,(H2,15,17). The molecule has 0 bridgehead atoms. The molecule has 1 rings (SSSR count).